The average Bonchev–Trinajstić information content (AvgIpc) is 2.50. The summed E-state index contributed by atoms with van der Waals surface area (Å²) in [6, 6.07) is 0. The number of hydrogen-bond acceptors (Lipinski definition) is 4. The molecule has 1 heterocycles. The van der Waals surface area contributed by atoms with Crippen LogP contribution in [0.15, 0.2) is 6.33 Å². The lowest BCUT2D eigenvalue weighted by molar-refractivity contribution is 0.124. The molecule has 0 aliphatic rings. The molecule has 0 spiro atoms. The maximum absolute atomic E-state index is 5.24. The summed E-state index contributed by atoms with van der Waals surface area (Å²) in [5, 5.41) is 10.7. The molecular weight excluding hydrogens is 144 g/mol. The van der Waals surface area contributed by atoms with Crippen molar-refractivity contribution in [2.75, 3.05) is 13.2 Å². The third-order valence-corrected chi connectivity index (χ3v) is 1.20. The summed E-state index contributed by atoms with van der Waals surface area (Å²) in [7, 11) is 0. The molecule has 0 bridgehead atoms. The predicted octanol–water partition coefficient (Wildman–Crippen LogP) is 0.0997. The maximum atomic E-state index is 5.24. The van der Waals surface area contributed by atoms with Gasteiger partial charge >= 0.3 is 0 Å². The SMILES string of the molecule is CCCOCCn1cnnn1. The molecule has 0 radical (unpaired) electrons. The summed E-state index contributed by atoms with van der Waals surface area (Å²) in [5.41, 5.74) is 0. The summed E-state index contributed by atoms with van der Waals surface area (Å²) in [4.78, 5) is 0. The summed E-state index contributed by atoms with van der Waals surface area (Å²) in [6.07, 6.45) is 2.63. The zero-order valence-corrected chi connectivity index (χ0v) is 6.60. The van der Waals surface area contributed by atoms with Gasteiger partial charge in [0.05, 0.1) is 13.2 Å². The van der Waals surface area contributed by atoms with Crippen molar-refractivity contribution < 1.29 is 4.74 Å². The Morgan fingerprint density at radius 3 is 3.00 bits per heavy atom. The van der Waals surface area contributed by atoms with E-state index in [0.29, 0.717) is 6.61 Å². The van der Waals surface area contributed by atoms with Crippen molar-refractivity contribution >= 4 is 0 Å². The monoisotopic (exact) mass is 156 g/mol. The first-order chi connectivity index (χ1) is 5.43. The van der Waals surface area contributed by atoms with Crippen LogP contribution in [0.2, 0.25) is 0 Å². The van der Waals surface area contributed by atoms with Gasteiger partial charge in [-0.05, 0) is 16.8 Å². The van der Waals surface area contributed by atoms with E-state index in [2.05, 4.69) is 22.4 Å². The number of rotatable bonds is 5. The molecule has 0 N–H and O–H groups in total. The Bertz CT molecular complexity index is 175. The minimum atomic E-state index is 0.679. The fourth-order valence-electron chi connectivity index (χ4n) is 0.687. The van der Waals surface area contributed by atoms with Crippen LogP contribution in [0.25, 0.3) is 0 Å². The fourth-order valence-corrected chi connectivity index (χ4v) is 0.687. The number of tetrazole rings is 1. The van der Waals surface area contributed by atoms with E-state index >= 15 is 0 Å². The van der Waals surface area contributed by atoms with E-state index in [0.717, 1.165) is 19.6 Å². The van der Waals surface area contributed by atoms with Gasteiger partial charge in [0, 0.05) is 6.61 Å². The van der Waals surface area contributed by atoms with Gasteiger partial charge in [0.1, 0.15) is 6.33 Å². The van der Waals surface area contributed by atoms with Crippen molar-refractivity contribution in [1.29, 1.82) is 0 Å². The largest absolute Gasteiger partial charge is 0.380 e. The highest BCUT2D eigenvalue weighted by molar-refractivity contribution is 4.45. The Morgan fingerprint density at radius 1 is 1.45 bits per heavy atom. The fraction of sp³-hybridized carbons (Fsp3) is 0.833. The van der Waals surface area contributed by atoms with Crippen molar-refractivity contribution in [2.45, 2.75) is 19.9 Å². The molecule has 0 aliphatic carbocycles. The molecule has 1 rings (SSSR count). The Balaban J connectivity index is 2.04. The van der Waals surface area contributed by atoms with Crippen LogP contribution in [-0.4, -0.2) is 33.4 Å². The van der Waals surface area contributed by atoms with Crippen molar-refractivity contribution in [1.82, 2.24) is 20.2 Å². The molecule has 0 aliphatic heterocycles. The number of ether oxygens (including phenoxy) is 1. The maximum Gasteiger partial charge on any atom is 0.138 e. The quantitative estimate of drug-likeness (QED) is 0.567. The van der Waals surface area contributed by atoms with Gasteiger partial charge in [-0.25, -0.2) is 4.68 Å². The third kappa shape index (κ3) is 3.08. The van der Waals surface area contributed by atoms with Crippen LogP contribution in [-0.2, 0) is 11.3 Å². The van der Waals surface area contributed by atoms with Gasteiger partial charge in [0.2, 0.25) is 0 Å². The molecule has 0 saturated carbocycles. The van der Waals surface area contributed by atoms with Crippen LogP contribution >= 0.6 is 0 Å². The number of hydrogen-bond donors (Lipinski definition) is 0. The van der Waals surface area contributed by atoms with Gasteiger partial charge in [0.15, 0.2) is 0 Å². The summed E-state index contributed by atoms with van der Waals surface area (Å²) in [6.45, 7) is 4.30. The first kappa shape index (κ1) is 8.13. The lowest BCUT2D eigenvalue weighted by Gasteiger charge is -1.99. The summed E-state index contributed by atoms with van der Waals surface area (Å²) >= 11 is 0. The van der Waals surface area contributed by atoms with Crippen molar-refractivity contribution in [3.8, 4) is 0 Å². The average molecular weight is 156 g/mol. The van der Waals surface area contributed by atoms with E-state index in [1.54, 1.807) is 11.0 Å². The van der Waals surface area contributed by atoms with Crippen molar-refractivity contribution in [3.05, 3.63) is 6.33 Å². The highest BCUT2D eigenvalue weighted by Gasteiger charge is 1.90. The molecule has 1 aromatic heterocycles. The number of nitrogens with zero attached hydrogens (tertiary/aromatic N) is 4. The van der Waals surface area contributed by atoms with Crippen LogP contribution in [0.3, 0.4) is 0 Å². The van der Waals surface area contributed by atoms with E-state index in [1.165, 1.54) is 0 Å². The molecule has 0 atom stereocenters. The molecular formula is C6H12N4O. The van der Waals surface area contributed by atoms with Gasteiger partial charge < -0.3 is 4.74 Å². The molecule has 0 aromatic carbocycles. The number of aromatic nitrogens is 4. The highest BCUT2D eigenvalue weighted by atomic mass is 16.5. The molecule has 0 saturated heterocycles. The van der Waals surface area contributed by atoms with E-state index < -0.39 is 0 Å². The zero-order valence-electron chi connectivity index (χ0n) is 6.60. The van der Waals surface area contributed by atoms with Gasteiger partial charge in [-0.2, -0.15) is 0 Å². The molecule has 0 fully saturated rings. The van der Waals surface area contributed by atoms with Gasteiger partial charge in [0.25, 0.3) is 0 Å². The van der Waals surface area contributed by atoms with Crippen molar-refractivity contribution in [3.63, 3.8) is 0 Å². The highest BCUT2D eigenvalue weighted by Crippen LogP contribution is 1.82. The normalized spacial score (nSPS) is 10.3. The van der Waals surface area contributed by atoms with Crippen LogP contribution in [0.4, 0.5) is 0 Å². The summed E-state index contributed by atoms with van der Waals surface area (Å²) < 4.78 is 6.89. The van der Waals surface area contributed by atoms with Gasteiger partial charge in [-0.3, -0.25) is 0 Å². The van der Waals surface area contributed by atoms with E-state index in [-0.39, 0.29) is 0 Å². The summed E-state index contributed by atoms with van der Waals surface area (Å²) in [5.74, 6) is 0. The first-order valence-electron chi connectivity index (χ1n) is 3.72. The van der Waals surface area contributed by atoms with Crippen molar-refractivity contribution in [2.24, 2.45) is 0 Å². The van der Waals surface area contributed by atoms with Gasteiger partial charge in [-0.1, -0.05) is 6.92 Å². The lowest BCUT2D eigenvalue weighted by atomic mass is 10.5. The van der Waals surface area contributed by atoms with Crippen LogP contribution in [0.1, 0.15) is 13.3 Å². The van der Waals surface area contributed by atoms with E-state index in [4.69, 9.17) is 4.74 Å². The zero-order chi connectivity index (χ0) is 7.94. The molecule has 1 aromatic rings. The molecule has 5 heteroatoms. The van der Waals surface area contributed by atoms with Crippen LogP contribution in [0, 0.1) is 0 Å². The second-order valence-electron chi connectivity index (χ2n) is 2.19. The smallest absolute Gasteiger partial charge is 0.138 e. The molecule has 11 heavy (non-hydrogen) atoms. The standard InChI is InChI=1S/C6H12N4O/c1-2-4-11-5-3-10-6-7-8-9-10/h6H,2-5H2,1H3. The molecule has 62 valence electrons. The minimum absolute atomic E-state index is 0.679. The lowest BCUT2D eigenvalue weighted by Crippen LogP contribution is -2.06. The Labute approximate surface area is 65.4 Å². The van der Waals surface area contributed by atoms with E-state index in [1.807, 2.05) is 0 Å². The molecule has 0 unspecified atom stereocenters. The van der Waals surface area contributed by atoms with Gasteiger partial charge in [-0.15, -0.1) is 5.10 Å². The van der Waals surface area contributed by atoms with Crippen LogP contribution in [0.5, 0.6) is 0 Å². The van der Waals surface area contributed by atoms with Crippen LogP contribution < -0.4 is 0 Å². The topological polar surface area (TPSA) is 52.8 Å². The molecule has 0 amide bonds. The Hall–Kier alpha value is -0.970. The second-order valence-corrected chi connectivity index (χ2v) is 2.19. The Kier molecular flexibility index (Phi) is 3.54. The predicted molar refractivity (Wildman–Crippen MR) is 38.9 cm³/mol. The molecule has 5 nitrogen and oxygen atoms in total. The third-order valence-electron chi connectivity index (χ3n) is 1.20. The Morgan fingerprint density at radius 2 is 2.36 bits per heavy atom. The second kappa shape index (κ2) is 4.79. The van der Waals surface area contributed by atoms with E-state index in [9.17, 15) is 0 Å². The minimum Gasteiger partial charge on any atom is -0.380 e. The first-order valence-corrected chi connectivity index (χ1v) is 3.72.